The molecule has 20 heavy (non-hydrogen) atoms. The molecule has 1 saturated heterocycles. The Kier molecular flexibility index (Phi) is 4.14. The summed E-state index contributed by atoms with van der Waals surface area (Å²) >= 11 is 0. The molecule has 1 aliphatic heterocycles. The molecule has 1 aromatic carbocycles. The highest BCUT2D eigenvalue weighted by Gasteiger charge is 2.28. The molecular formula is C14H17N3O3. The summed E-state index contributed by atoms with van der Waals surface area (Å²) in [7, 11) is 0. The number of rotatable bonds is 3. The van der Waals surface area contributed by atoms with Crippen LogP contribution in [0.25, 0.3) is 6.08 Å². The standard InChI is InChI=1S/C14H17N3O3/c1-10-8-16(9-13(10)15)14(18)6-5-11-3-2-4-12(7-11)17(19)20/h2-7,10,13H,8-9,15H2,1H3/b6-5+. The Morgan fingerprint density at radius 3 is 2.85 bits per heavy atom. The molecular weight excluding hydrogens is 258 g/mol. The summed E-state index contributed by atoms with van der Waals surface area (Å²) in [5.41, 5.74) is 6.51. The van der Waals surface area contributed by atoms with Crippen LogP contribution < -0.4 is 5.73 Å². The van der Waals surface area contributed by atoms with Crippen LogP contribution >= 0.6 is 0 Å². The molecule has 0 saturated carbocycles. The van der Waals surface area contributed by atoms with Gasteiger partial charge in [0.25, 0.3) is 5.69 Å². The largest absolute Gasteiger partial charge is 0.337 e. The highest BCUT2D eigenvalue weighted by Crippen LogP contribution is 2.16. The zero-order valence-electron chi connectivity index (χ0n) is 11.2. The number of nitro benzene ring substituents is 1. The van der Waals surface area contributed by atoms with E-state index in [1.54, 1.807) is 23.1 Å². The summed E-state index contributed by atoms with van der Waals surface area (Å²) in [6.07, 6.45) is 3.02. The number of non-ortho nitro benzene ring substituents is 1. The van der Waals surface area contributed by atoms with Crippen molar-refractivity contribution in [1.82, 2.24) is 4.90 Å². The fourth-order valence-corrected chi connectivity index (χ4v) is 2.19. The zero-order chi connectivity index (χ0) is 14.7. The van der Waals surface area contributed by atoms with Crippen LogP contribution in [0, 0.1) is 16.0 Å². The number of nitro groups is 1. The number of nitrogens with zero attached hydrogens (tertiary/aromatic N) is 2. The quantitative estimate of drug-likeness (QED) is 0.513. The molecule has 2 atom stereocenters. The Balaban J connectivity index is 2.04. The van der Waals surface area contributed by atoms with Gasteiger partial charge in [-0.2, -0.15) is 0 Å². The van der Waals surface area contributed by atoms with Crippen LogP contribution in [-0.2, 0) is 4.79 Å². The van der Waals surface area contributed by atoms with Gasteiger partial charge in [0.15, 0.2) is 0 Å². The minimum atomic E-state index is -0.458. The average Bonchev–Trinajstić information content (AvgIpc) is 2.76. The summed E-state index contributed by atoms with van der Waals surface area (Å²) in [4.78, 5) is 23.9. The van der Waals surface area contributed by atoms with E-state index < -0.39 is 4.92 Å². The molecule has 0 radical (unpaired) electrons. The SMILES string of the molecule is CC1CN(C(=O)/C=C/c2cccc([N+](=O)[O-])c2)CC1N. The van der Waals surface area contributed by atoms with Gasteiger partial charge in [-0.25, -0.2) is 0 Å². The zero-order valence-corrected chi connectivity index (χ0v) is 11.2. The van der Waals surface area contributed by atoms with Gasteiger partial charge in [0, 0.05) is 37.3 Å². The lowest BCUT2D eigenvalue weighted by Crippen LogP contribution is -2.31. The van der Waals surface area contributed by atoms with Gasteiger partial charge in [0.1, 0.15) is 0 Å². The van der Waals surface area contributed by atoms with Crippen LogP contribution in [0.5, 0.6) is 0 Å². The number of nitrogens with two attached hydrogens (primary N) is 1. The molecule has 106 valence electrons. The lowest BCUT2D eigenvalue weighted by atomic mass is 10.1. The number of hydrogen-bond donors (Lipinski definition) is 1. The van der Waals surface area contributed by atoms with Gasteiger partial charge in [-0.15, -0.1) is 0 Å². The van der Waals surface area contributed by atoms with Crippen LogP contribution in [0.3, 0.4) is 0 Å². The summed E-state index contributed by atoms with van der Waals surface area (Å²) in [6, 6.07) is 6.18. The Labute approximate surface area is 117 Å². The van der Waals surface area contributed by atoms with E-state index in [0.717, 1.165) is 0 Å². The van der Waals surface area contributed by atoms with Crippen molar-refractivity contribution in [1.29, 1.82) is 0 Å². The fraction of sp³-hybridized carbons (Fsp3) is 0.357. The van der Waals surface area contributed by atoms with Crippen LogP contribution in [0.2, 0.25) is 0 Å². The van der Waals surface area contributed by atoms with Crippen molar-refractivity contribution in [2.45, 2.75) is 13.0 Å². The molecule has 1 aliphatic rings. The van der Waals surface area contributed by atoms with Crippen molar-refractivity contribution >= 4 is 17.7 Å². The molecule has 2 N–H and O–H groups in total. The van der Waals surface area contributed by atoms with Crippen molar-refractivity contribution in [3.8, 4) is 0 Å². The van der Waals surface area contributed by atoms with Crippen LogP contribution in [0.1, 0.15) is 12.5 Å². The first-order valence-corrected chi connectivity index (χ1v) is 6.44. The van der Waals surface area contributed by atoms with E-state index in [2.05, 4.69) is 0 Å². The molecule has 1 aromatic rings. The molecule has 6 nitrogen and oxygen atoms in total. The first-order valence-electron chi connectivity index (χ1n) is 6.44. The van der Waals surface area contributed by atoms with Gasteiger partial charge in [-0.3, -0.25) is 14.9 Å². The number of benzene rings is 1. The van der Waals surface area contributed by atoms with Crippen molar-refractivity contribution < 1.29 is 9.72 Å². The number of carbonyl (C=O) groups is 1. The van der Waals surface area contributed by atoms with E-state index in [9.17, 15) is 14.9 Å². The van der Waals surface area contributed by atoms with E-state index in [0.29, 0.717) is 24.6 Å². The van der Waals surface area contributed by atoms with Crippen molar-refractivity contribution in [3.63, 3.8) is 0 Å². The third-order valence-corrected chi connectivity index (χ3v) is 3.48. The van der Waals surface area contributed by atoms with Crippen molar-refractivity contribution in [2.24, 2.45) is 11.7 Å². The van der Waals surface area contributed by atoms with Gasteiger partial charge in [-0.1, -0.05) is 19.1 Å². The number of likely N-dealkylation sites (tertiary alicyclic amines) is 1. The highest BCUT2D eigenvalue weighted by molar-refractivity contribution is 5.92. The second-order valence-electron chi connectivity index (χ2n) is 5.07. The van der Waals surface area contributed by atoms with E-state index in [1.807, 2.05) is 6.92 Å². The van der Waals surface area contributed by atoms with Gasteiger partial charge in [-0.05, 0) is 17.6 Å². The summed E-state index contributed by atoms with van der Waals surface area (Å²) in [6.45, 7) is 3.22. The summed E-state index contributed by atoms with van der Waals surface area (Å²) < 4.78 is 0. The fourth-order valence-electron chi connectivity index (χ4n) is 2.19. The van der Waals surface area contributed by atoms with E-state index >= 15 is 0 Å². The first-order chi connectivity index (χ1) is 9.47. The Morgan fingerprint density at radius 2 is 2.25 bits per heavy atom. The monoisotopic (exact) mass is 275 g/mol. The maximum atomic E-state index is 12.0. The molecule has 1 amide bonds. The lowest BCUT2D eigenvalue weighted by Gasteiger charge is -2.12. The van der Waals surface area contributed by atoms with Crippen LogP contribution in [0.4, 0.5) is 5.69 Å². The molecule has 6 heteroatoms. The normalized spacial score (nSPS) is 22.4. The third-order valence-electron chi connectivity index (χ3n) is 3.48. The first kappa shape index (κ1) is 14.2. The Morgan fingerprint density at radius 1 is 1.50 bits per heavy atom. The molecule has 0 aromatic heterocycles. The van der Waals surface area contributed by atoms with Crippen LogP contribution in [0.15, 0.2) is 30.3 Å². The lowest BCUT2D eigenvalue weighted by molar-refractivity contribution is -0.384. The summed E-state index contributed by atoms with van der Waals surface area (Å²) in [5.74, 6) is 0.182. The minimum Gasteiger partial charge on any atom is -0.337 e. The molecule has 0 spiro atoms. The maximum Gasteiger partial charge on any atom is 0.270 e. The predicted octanol–water partition coefficient (Wildman–Crippen LogP) is 1.41. The smallest absolute Gasteiger partial charge is 0.270 e. The molecule has 2 rings (SSSR count). The number of carbonyl (C=O) groups excluding carboxylic acids is 1. The van der Waals surface area contributed by atoms with Crippen molar-refractivity contribution in [2.75, 3.05) is 13.1 Å². The average molecular weight is 275 g/mol. The van der Waals surface area contributed by atoms with E-state index in [4.69, 9.17) is 5.73 Å². The molecule has 0 aliphatic carbocycles. The van der Waals surface area contributed by atoms with Gasteiger partial charge in [0.05, 0.1) is 4.92 Å². The minimum absolute atomic E-state index is 0.0106. The molecule has 2 unspecified atom stereocenters. The predicted molar refractivity (Wildman–Crippen MR) is 75.8 cm³/mol. The van der Waals surface area contributed by atoms with Crippen LogP contribution in [-0.4, -0.2) is 34.9 Å². The molecule has 1 heterocycles. The highest BCUT2D eigenvalue weighted by atomic mass is 16.6. The van der Waals surface area contributed by atoms with Gasteiger partial charge < -0.3 is 10.6 Å². The van der Waals surface area contributed by atoms with Gasteiger partial charge >= 0.3 is 0 Å². The summed E-state index contributed by atoms with van der Waals surface area (Å²) in [5, 5.41) is 10.7. The Bertz CT molecular complexity index is 546. The van der Waals surface area contributed by atoms with Gasteiger partial charge in [0.2, 0.25) is 5.91 Å². The topological polar surface area (TPSA) is 89.5 Å². The second kappa shape index (κ2) is 5.83. The molecule has 0 bridgehead atoms. The Hall–Kier alpha value is -2.21. The van der Waals surface area contributed by atoms with Crippen molar-refractivity contribution in [3.05, 3.63) is 46.0 Å². The maximum absolute atomic E-state index is 12.0. The van der Waals surface area contributed by atoms with E-state index in [1.165, 1.54) is 18.2 Å². The number of amides is 1. The van der Waals surface area contributed by atoms with E-state index in [-0.39, 0.29) is 17.6 Å². The number of hydrogen-bond acceptors (Lipinski definition) is 4. The third kappa shape index (κ3) is 3.21. The second-order valence-corrected chi connectivity index (χ2v) is 5.07. The molecule has 1 fully saturated rings.